The van der Waals surface area contributed by atoms with Crippen molar-refractivity contribution in [1.82, 2.24) is 10.6 Å². The first-order valence-corrected chi connectivity index (χ1v) is 6.49. The summed E-state index contributed by atoms with van der Waals surface area (Å²) < 4.78 is 4.99. The first-order valence-electron chi connectivity index (χ1n) is 6.49. The van der Waals surface area contributed by atoms with Gasteiger partial charge in [-0.15, -0.1) is 0 Å². The third-order valence-electron chi connectivity index (χ3n) is 2.64. The summed E-state index contributed by atoms with van der Waals surface area (Å²) in [6.07, 6.45) is -0.400. The minimum absolute atomic E-state index is 0.0971. The molecule has 114 valence electrons. The molecule has 2 amide bonds. The quantitative estimate of drug-likeness (QED) is 0.692. The van der Waals surface area contributed by atoms with Gasteiger partial charge in [0.05, 0.1) is 0 Å². The van der Waals surface area contributed by atoms with Crippen molar-refractivity contribution in [3.05, 3.63) is 35.9 Å². The molecule has 0 heterocycles. The first kappa shape index (κ1) is 16.5. The molecule has 7 nitrogen and oxygen atoms in total. The zero-order valence-corrected chi connectivity index (χ0v) is 11.7. The van der Waals surface area contributed by atoms with Crippen LogP contribution in [0, 0.1) is 0 Å². The maximum absolute atomic E-state index is 11.6. The second kappa shape index (κ2) is 8.57. The van der Waals surface area contributed by atoms with Gasteiger partial charge in [0.25, 0.3) is 0 Å². The SMILES string of the molecule is CCC(NC(=O)OCc1ccccc1)C(=O)NCC(=O)O. The second-order valence-electron chi connectivity index (χ2n) is 4.28. The first-order chi connectivity index (χ1) is 10.0. The highest BCUT2D eigenvalue weighted by Gasteiger charge is 2.19. The van der Waals surface area contributed by atoms with Crippen LogP contribution in [-0.2, 0) is 20.9 Å². The molecule has 1 atom stereocenters. The number of carboxylic acid groups (broad SMARTS) is 1. The average Bonchev–Trinajstić information content (AvgIpc) is 2.49. The molecule has 21 heavy (non-hydrogen) atoms. The molecule has 0 spiro atoms. The zero-order valence-electron chi connectivity index (χ0n) is 11.7. The van der Waals surface area contributed by atoms with Gasteiger partial charge in [-0.2, -0.15) is 0 Å². The van der Waals surface area contributed by atoms with Crippen LogP contribution in [0.5, 0.6) is 0 Å². The van der Waals surface area contributed by atoms with Gasteiger partial charge in [0.2, 0.25) is 5.91 Å². The smallest absolute Gasteiger partial charge is 0.408 e. The van der Waals surface area contributed by atoms with E-state index < -0.39 is 30.6 Å². The van der Waals surface area contributed by atoms with Crippen LogP contribution in [0.25, 0.3) is 0 Å². The highest BCUT2D eigenvalue weighted by Crippen LogP contribution is 2.01. The summed E-state index contributed by atoms with van der Waals surface area (Å²) in [6, 6.07) is 8.29. The standard InChI is InChI=1S/C14H18N2O5/c1-2-11(13(19)15-8-12(17)18)16-14(20)21-9-10-6-4-3-5-7-10/h3-7,11H,2,8-9H2,1H3,(H,15,19)(H,16,20)(H,17,18). The van der Waals surface area contributed by atoms with E-state index >= 15 is 0 Å². The lowest BCUT2D eigenvalue weighted by Crippen LogP contribution is -2.47. The zero-order chi connectivity index (χ0) is 15.7. The van der Waals surface area contributed by atoms with Gasteiger partial charge in [0.1, 0.15) is 19.2 Å². The number of rotatable bonds is 7. The highest BCUT2D eigenvalue weighted by atomic mass is 16.5. The van der Waals surface area contributed by atoms with E-state index in [1.54, 1.807) is 6.92 Å². The lowest BCUT2D eigenvalue weighted by Gasteiger charge is -2.16. The molecule has 7 heteroatoms. The Labute approximate surface area is 122 Å². The van der Waals surface area contributed by atoms with Gasteiger partial charge in [0, 0.05) is 0 Å². The molecule has 0 fully saturated rings. The van der Waals surface area contributed by atoms with Gasteiger partial charge < -0.3 is 20.5 Å². The molecule has 0 aliphatic heterocycles. The van der Waals surface area contributed by atoms with E-state index in [9.17, 15) is 14.4 Å². The Kier molecular flexibility index (Phi) is 6.73. The van der Waals surface area contributed by atoms with Gasteiger partial charge in [-0.3, -0.25) is 9.59 Å². The number of carboxylic acids is 1. The van der Waals surface area contributed by atoms with Crippen molar-refractivity contribution in [2.75, 3.05) is 6.54 Å². The molecule has 0 saturated heterocycles. The van der Waals surface area contributed by atoms with Crippen molar-refractivity contribution < 1.29 is 24.2 Å². The lowest BCUT2D eigenvalue weighted by atomic mass is 10.2. The molecule has 1 aromatic carbocycles. The number of hydrogen-bond donors (Lipinski definition) is 3. The molecule has 1 unspecified atom stereocenters. The fourth-order valence-corrected chi connectivity index (χ4v) is 1.55. The fraction of sp³-hybridized carbons (Fsp3) is 0.357. The Hall–Kier alpha value is -2.57. The summed E-state index contributed by atoms with van der Waals surface area (Å²) in [4.78, 5) is 33.6. The summed E-state index contributed by atoms with van der Waals surface area (Å²) in [6.45, 7) is 1.30. The van der Waals surface area contributed by atoms with Crippen LogP contribution in [-0.4, -0.2) is 35.7 Å². The van der Waals surface area contributed by atoms with Crippen LogP contribution < -0.4 is 10.6 Å². The van der Waals surface area contributed by atoms with E-state index in [-0.39, 0.29) is 6.61 Å². The third kappa shape index (κ3) is 6.42. The predicted octanol–water partition coefficient (Wildman–Crippen LogP) is 0.892. The molecule has 1 aromatic rings. The van der Waals surface area contributed by atoms with E-state index in [4.69, 9.17) is 9.84 Å². The topological polar surface area (TPSA) is 105 Å². The molecular formula is C14H18N2O5. The largest absolute Gasteiger partial charge is 0.480 e. The number of hydrogen-bond acceptors (Lipinski definition) is 4. The van der Waals surface area contributed by atoms with Crippen molar-refractivity contribution in [3.63, 3.8) is 0 Å². The summed E-state index contributed by atoms with van der Waals surface area (Å²) in [5.74, 6) is -1.71. The van der Waals surface area contributed by atoms with E-state index in [1.165, 1.54) is 0 Å². The minimum atomic E-state index is -1.15. The summed E-state index contributed by atoms with van der Waals surface area (Å²) in [5, 5.41) is 13.1. The van der Waals surface area contributed by atoms with E-state index in [0.29, 0.717) is 6.42 Å². The summed E-state index contributed by atoms with van der Waals surface area (Å²) in [7, 11) is 0. The molecular weight excluding hydrogens is 276 g/mol. The summed E-state index contributed by atoms with van der Waals surface area (Å²) in [5.41, 5.74) is 0.830. The predicted molar refractivity (Wildman–Crippen MR) is 74.5 cm³/mol. The molecule has 3 N–H and O–H groups in total. The number of alkyl carbamates (subject to hydrolysis) is 1. The van der Waals surface area contributed by atoms with Crippen LogP contribution in [0.3, 0.4) is 0 Å². The number of aliphatic carboxylic acids is 1. The van der Waals surface area contributed by atoms with E-state index in [2.05, 4.69) is 10.6 Å². The number of carbonyl (C=O) groups is 3. The molecule has 0 radical (unpaired) electrons. The third-order valence-corrected chi connectivity index (χ3v) is 2.64. The molecule has 1 rings (SSSR count). The monoisotopic (exact) mass is 294 g/mol. The second-order valence-corrected chi connectivity index (χ2v) is 4.28. The van der Waals surface area contributed by atoms with Crippen molar-refractivity contribution in [2.24, 2.45) is 0 Å². The number of carbonyl (C=O) groups excluding carboxylic acids is 2. The van der Waals surface area contributed by atoms with Gasteiger partial charge in [-0.25, -0.2) is 4.79 Å². The van der Waals surface area contributed by atoms with E-state index in [1.807, 2.05) is 30.3 Å². The Morgan fingerprint density at radius 1 is 1.24 bits per heavy atom. The Morgan fingerprint density at radius 3 is 2.48 bits per heavy atom. The number of ether oxygens (including phenoxy) is 1. The van der Waals surface area contributed by atoms with Crippen molar-refractivity contribution in [3.8, 4) is 0 Å². The minimum Gasteiger partial charge on any atom is -0.480 e. The number of amides is 2. The Bertz CT molecular complexity index is 489. The molecule has 0 aliphatic rings. The van der Waals surface area contributed by atoms with Crippen LogP contribution in [0.15, 0.2) is 30.3 Å². The van der Waals surface area contributed by atoms with Crippen LogP contribution in [0.4, 0.5) is 4.79 Å². The maximum Gasteiger partial charge on any atom is 0.408 e. The lowest BCUT2D eigenvalue weighted by molar-refractivity contribution is -0.138. The Morgan fingerprint density at radius 2 is 1.90 bits per heavy atom. The van der Waals surface area contributed by atoms with Crippen molar-refractivity contribution >= 4 is 18.0 Å². The highest BCUT2D eigenvalue weighted by molar-refractivity contribution is 5.87. The average molecular weight is 294 g/mol. The number of nitrogens with one attached hydrogen (secondary N) is 2. The molecule has 0 aromatic heterocycles. The summed E-state index contributed by atoms with van der Waals surface area (Å²) >= 11 is 0. The van der Waals surface area contributed by atoms with Gasteiger partial charge in [-0.05, 0) is 12.0 Å². The Balaban J connectivity index is 2.40. The normalized spacial score (nSPS) is 11.3. The number of benzene rings is 1. The molecule has 0 saturated carbocycles. The van der Waals surface area contributed by atoms with Gasteiger partial charge in [-0.1, -0.05) is 37.3 Å². The molecule has 0 bridgehead atoms. The maximum atomic E-state index is 11.6. The van der Waals surface area contributed by atoms with Crippen LogP contribution in [0.1, 0.15) is 18.9 Å². The van der Waals surface area contributed by atoms with Gasteiger partial charge in [0.15, 0.2) is 0 Å². The van der Waals surface area contributed by atoms with Crippen molar-refractivity contribution in [2.45, 2.75) is 26.0 Å². The molecule has 0 aliphatic carbocycles. The van der Waals surface area contributed by atoms with Gasteiger partial charge >= 0.3 is 12.1 Å². The van der Waals surface area contributed by atoms with E-state index in [0.717, 1.165) is 5.56 Å². The van der Waals surface area contributed by atoms with Crippen LogP contribution >= 0.6 is 0 Å². The van der Waals surface area contributed by atoms with Crippen LogP contribution in [0.2, 0.25) is 0 Å². The fourth-order valence-electron chi connectivity index (χ4n) is 1.55. The van der Waals surface area contributed by atoms with Crippen molar-refractivity contribution in [1.29, 1.82) is 0 Å².